The van der Waals surface area contributed by atoms with E-state index in [9.17, 15) is 28.1 Å². The van der Waals surface area contributed by atoms with Gasteiger partial charge in [-0.15, -0.1) is 13.2 Å². The van der Waals surface area contributed by atoms with Crippen LogP contribution in [-0.4, -0.2) is 27.0 Å². The summed E-state index contributed by atoms with van der Waals surface area (Å²) in [5.41, 5.74) is 0.948. The molecule has 1 N–H and O–H groups in total. The number of hydrogen-bond donors (Lipinski definition) is 1. The van der Waals surface area contributed by atoms with E-state index in [1.54, 1.807) is 24.3 Å². The Morgan fingerprint density at radius 3 is 2.48 bits per heavy atom. The molecule has 3 aromatic rings. The van der Waals surface area contributed by atoms with Gasteiger partial charge in [0.15, 0.2) is 0 Å². The molecule has 0 aliphatic carbocycles. The van der Waals surface area contributed by atoms with E-state index >= 15 is 0 Å². The predicted molar refractivity (Wildman–Crippen MR) is 95.5 cm³/mol. The minimum atomic E-state index is -4.80. The number of carbonyl (C=O) groups is 1. The van der Waals surface area contributed by atoms with Crippen molar-refractivity contribution < 1.29 is 27.6 Å². The minimum Gasteiger partial charge on any atom is -0.406 e. The second kappa shape index (κ2) is 8.00. The van der Waals surface area contributed by atoms with Crippen LogP contribution in [0.3, 0.4) is 0 Å². The molecular formula is C18H13F3N4O4. The fourth-order valence-corrected chi connectivity index (χ4v) is 2.53. The van der Waals surface area contributed by atoms with Crippen LogP contribution in [0, 0.1) is 10.1 Å². The van der Waals surface area contributed by atoms with Gasteiger partial charge in [-0.05, 0) is 35.9 Å². The summed E-state index contributed by atoms with van der Waals surface area (Å²) in [5, 5.41) is 17.2. The van der Waals surface area contributed by atoms with Gasteiger partial charge >= 0.3 is 12.0 Å². The zero-order valence-electron chi connectivity index (χ0n) is 14.6. The van der Waals surface area contributed by atoms with Gasteiger partial charge in [0.05, 0.1) is 11.5 Å². The normalized spacial score (nSPS) is 11.1. The Morgan fingerprint density at radius 2 is 1.86 bits per heavy atom. The number of halogens is 3. The van der Waals surface area contributed by atoms with Gasteiger partial charge in [0, 0.05) is 11.3 Å². The number of anilines is 1. The van der Waals surface area contributed by atoms with Crippen LogP contribution in [0.15, 0.2) is 60.9 Å². The third kappa shape index (κ3) is 5.31. The summed E-state index contributed by atoms with van der Waals surface area (Å²) >= 11 is 0. The average Bonchev–Trinajstić information content (AvgIpc) is 3.11. The molecule has 11 heteroatoms. The highest BCUT2D eigenvalue weighted by molar-refractivity contribution is 6.05. The number of nitro groups is 1. The number of rotatable bonds is 6. The molecule has 2 aromatic carbocycles. The number of nitrogens with zero attached hydrogens (tertiary/aromatic N) is 3. The first-order valence-corrected chi connectivity index (χ1v) is 8.13. The number of hydrogen-bond acceptors (Lipinski definition) is 5. The zero-order valence-corrected chi connectivity index (χ0v) is 14.6. The first-order valence-electron chi connectivity index (χ1n) is 8.13. The van der Waals surface area contributed by atoms with Crippen molar-refractivity contribution in [3.8, 4) is 5.75 Å². The molecule has 0 aliphatic heterocycles. The topological polar surface area (TPSA) is 99.3 Å². The Balaban J connectivity index is 1.73. The number of amides is 1. The first-order chi connectivity index (χ1) is 13.7. The molecule has 29 heavy (non-hydrogen) atoms. The van der Waals surface area contributed by atoms with Crippen LogP contribution in [0.5, 0.6) is 5.75 Å². The standard InChI is InChI=1S/C18H13F3N4O4/c19-18(20,21)29-15-7-5-13(6-8-15)23-17(26)16-4-2-1-3-12(16)10-24-11-14(9-22-24)25(27)28/h1-9,11H,10H2,(H,23,26). The largest absolute Gasteiger partial charge is 0.573 e. The van der Waals surface area contributed by atoms with E-state index in [0.29, 0.717) is 11.1 Å². The summed E-state index contributed by atoms with van der Waals surface area (Å²) < 4.78 is 41.7. The van der Waals surface area contributed by atoms with Crippen LogP contribution in [0.1, 0.15) is 15.9 Å². The van der Waals surface area contributed by atoms with E-state index in [2.05, 4.69) is 15.2 Å². The summed E-state index contributed by atoms with van der Waals surface area (Å²) in [6.45, 7) is 0.121. The molecule has 3 rings (SSSR count). The van der Waals surface area contributed by atoms with Crippen LogP contribution in [0.2, 0.25) is 0 Å². The molecule has 1 heterocycles. The number of benzene rings is 2. The molecular weight excluding hydrogens is 393 g/mol. The van der Waals surface area contributed by atoms with E-state index in [1.807, 2.05) is 0 Å². The van der Waals surface area contributed by atoms with Crippen LogP contribution < -0.4 is 10.1 Å². The first kappa shape index (κ1) is 19.9. The zero-order chi connectivity index (χ0) is 21.0. The minimum absolute atomic E-state index is 0.121. The van der Waals surface area contributed by atoms with Crippen molar-refractivity contribution in [3.63, 3.8) is 0 Å². The van der Waals surface area contributed by atoms with Crippen molar-refractivity contribution in [1.29, 1.82) is 0 Å². The number of carbonyl (C=O) groups excluding carboxylic acids is 1. The summed E-state index contributed by atoms with van der Waals surface area (Å²) in [5.74, 6) is -0.900. The van der Waals surface area contributed by atoms with Crippen LogP contribution in [-0.2, 0) is 6.54 Å². The molecule has 0 aliphatic rings. The SMILES string of the molecule is O=C(Nc1ccc(OC(F)(F)F)cc1)c1ccccc1Cn1cc([N+](=O)[O-])cn1. The summed E-state index contributed by atoms with van der Waals surface area (Å²) in [6, 6.07) is 11.3. The van der Waals surface area contributed by atoms with Gasteiger partial charge in [-0.1, -0.05) is 18.2 Å². The Bertz CT molecular complexity index is 1030. The third-order valence-corrected chi connectivity index (χ3v) is 3.77. The molecule has 0 radical (unpaired) electrons. The molecule has 0 fully saturated rings. The fourth-order valence-electron chi connectivity index (χ4n) is 2.53. The molecule has 150 valence electrons. The Kier molecular flexibility index (Phi) is 5.48. The maximum absolute atomic E-state index is 12.6. The van der Waals surface area contributed by atoms with Crippen molar-refractivity contribution in [3.05, 3.63) is 82.2 Å². The number of ether oxygens (including phenoxy) is 1. The second-order valence-electron chi connectivity index (χ2n) is 5.84. The van der Waals surface area contributed by atoms with E-state index in [-0.39, 0.29) is 17.9 Å². The van der Waals surface area contributed by atoms with Crippen molar-refractivity contribution in [1.82, 2.24) is 9.78 Å². The molecule has 1 aromatic heterocycles. The molecule has 0 spiro atoms. The summed E-state index contributed by atoms with van der Waals surface area (Å²) in [7, 11) is 0. The van der Waals surface area contributed by atoms with Crippen LogP contribution >= 0.6 is 0 Å². The summed E-state index contributed by atoms with van der Waals surface area (Å²) in [6.07, 6.45) is -2.45. The molecule has 0 unspecified atom stereocenters. The molecule has 0 atom stereocenters. The fraction of sp³-hybridized carbons (Fsp3) is 0.111. The Hall–Kier alpha value is -3.89. The number of aromatic nitrogens is 2. The number of alkyl halides is 3. The van der Waals surface area contributed by atoms with E-state index in [0.717, 1.165) is 18.3 Å². The van der Waals surface area contributed by atoms with Crippen molar-refractivity contribution >= 4 is 17.3 Å². The van der Waals surface area contributed by atoms with Gasteiger partial charge in [-0.25, -0.2) is 0 Å². The van der Waals surface area contributed by atoms with Gasteiger partial charge in [0.25, 0.3) is 5.91 Å². The van der Waals surface area contributed by atoms with Crippen LogP contribution in [0.4, 0.5) is 24.5 Å². The lowest BCUT2D eigenvalue weighted by atomic mass is 10.1. The van der Waals surface area contributed by atoms with Gasteiger partial charge in [0.1, 0.15) is 18.1 Å². The summed E-state index contributed by atoms with van der Waals surface area (Å²) in [4.78, 5) is 22.8. The van der Waals surface area contributed by atoms with Gasteiger partial charge < -0.3 is 10.1 Å². The molecule has 0 saturated carbocycles. The van der Waals surface area contributed by atoms with E-state index in [1.165, 1.54) is 23.0 Å². The van der Waals surface area contributed by atoms with Gasteiger partial charge in [-0.3, -0.25) is 19.6 Å². The quantitative estimate of drug-likeness (QED) is 0.493. The second-order valence-corrected chi connectivity index (χ2v) is 5.84. The molecule has 8 nitrogen and oxygen atoms in total. The third-order valence-electron chi connectivity index (χ3n) is 3.77. The lowest BCUT2D eigenvalue weighted by Gasteiger charge is -2.12. The molecule has 0 bridgehead atoms. The van der Waals surface area contributed by atoms with Gasteiger partial charge in [0.2, 0.25) is 0 Å². The Labute approximate surface area is 161 Å². The number of nitrogens with one attached hydrogen (secondary N) is 1. The van der Waals surface area contributed by atoms with E-state index < -0.39 is 22.9 Å². The van der Waals surface area contributed by atoms with Crippen LogP contribution in [0.25, 0.3) is 0 Å². The Morgan fingerprint density at radius 1 is 1.17 bits per heavy atom. The highest BCUT2D eigenvalue weighted by atomic mass is 19.4. The van der Waals surface area contributed by atoms with Gasteiger partial charge in [-0.2, -0.15) is 5.10 Å². The monoisotopic (exact) mass is 406 g/mol. The smallest absolute Gasteiger partial charge is 0.406 e. The molecule has 1 amide bonds. The van der Waals surface area contributed by atoms with E-state index in [4.69, 9.17) is 0 Å². The average molecular weight is 406 g/mol. The van der Waals surface area contributed by atoms with Crippen molar-refractivity contribution in [2.45, 2.75) is 12.9 Å². The maximum Gasteiger partial charge on any atom is 0.573 e. The van der Waals surface area contributed by atoms with Crippen molar-refractivity contribution in [2.75, 3.05) is 5.32 Å². The molecule has 0 saturated heterocycles. The highest BCUT2D eigenvalue weighted by Gasteiger charge is 2.31. The lowest BCUT2D eigenvalue weighted by molar-refractivity contribution is -0.385. The van der Waals surface area contributed by atoms with Crippen molar-refractivity contribution in [2.24, 2.45) is 0 Å². The maximum atomic E-state index is 12.6. The predicted octanol–water partition coefficient (Wildman–Crippen LogP) is 3.99. The lowest BCUT2D eigenvalue weighted by Crippen LogP contribution is -2.17. The highest BCUT2D eigenvalue weighted by Crippen LogP contribution is 2.24.